The fraction of sp³-hybridized carbons (Fsp3) is 0.0222. The van der Waals surface area contributed by atoms with E-state index in [1.54, 1.807) is 0 Å². The van der Waals surface area contributed by atoms with Crippen LogP contribution in [-0.4, -0.2) is 0 Å². The van der Waals surface area contributed by atoms with Crippen LogP contribution in [0, 0.1) is 0 Å². The van der Waals surface area contributed by atoms with Gasteiger partial charge >= 0.3 is 0 Å². The molecular formula is C45H29N. The molecule has 0 saturated carbocycles. The van der Waals surface area contributed by atoms with Crippen LogP contribution in [0.1, 0.15) is 22.3 Å². The molecule has 0 amide bonds. The standard InChI is InChI=1S/C45H29N/c1-3-16-31(17-4-1)46(32-18-5-2-6-19-32)42-29-41-44(37-24-10-9-23-36(37)42)43-33-20-8-7-15-30(33)27-28-40(43)45(41)38-25-13-11-21-34(38)35-22-12-14-26-39(35)45/h1-29H. The average Bonchev–Trinajstić information content (AvgIpc) is 3.60. The number of hydrogen-bond acceptors (Lipinski definition) is 1. The van der Waals surface area contributed by atoms with Gasteiger partial charge in [0, 0.05) is 16.8 Å². The Morgan fingerprint density at radius 1 is 0.348 bits per heavy atom. The normalized spacial score (nSPS) is 13.4. The molecule has 0 fully saturated rings. The van der Waals surface area contributed by atoms with Crippen LogP contribution in [0.4, 0.5) is 17.1 Å². The first-order valence-electron chi connectivity index (χ1n) is 16.0. The second-order valence-corrected chi connectivity index (χ2v) is 12.4. The number of rotatable bonds is 3. The highest BCUT2D eigenvalue weighted by Gasteiger charge is 2.52. The van der Waals surface area contributed by atoms with E-state index >= 15 is 0 Å². The van der Waals surface area contributed by atoms with Gasteiger partial charge in [0.2, 0.25) is 0 Å². The number of anilines is 3. The van der Waals surface area contributed by atoms with Gasteiger partial charge in [0.1, 0.15) is 0 Å². The third kappa shape index (κ3) is 3.24. The highest BCUT2D eigenvalue weighted by molar-refractivity contribution is 6.16. The predicted octanol–water partition coefficient (Wildman–Crippen LogP) is 11.8. The van der Waals surface area contributed by atoms with Crippen LogP contribution >= 0.6 is 0 Å². The maximum atomic E-state index is 2.52. The molecule has 8 aromatic carbocycles. The van der Waals surface area contributed by atoms with Gasteiger partial charge in [-0.25, -0.2) is 0 Å². The molecule has 0 N–H and O–H groups in total. The molecule has 46 heavy (non-hydrogen) atoms. The third-order valence-corrected chi connectivity index (χ3v) is 10.2. The Kier molecular flexibility index (Phi) is 5.27. The van der Waals surface area contributed by atoms with Crippen molar-refractivity contribution in [3.05, 3.63) is 198 Å². The lowest BCUT2D eigenvalue weighted by Crippen LogP contribution is -2.26. The summed E-state index contributed by atoms with van der Waals surface area (Å²) < 4.78 is 0. The van der Waals surface area contributed by atoms with E-state index in [-0.39, 0.29) is 0 Å². The summed E-state index contributed by atoms with van der Waals surface area (Å²) in [5.41, 5.74) is 13.8. The molecule has 0 aliphatic heterocycles. The van der Waals surface area contributed by atoms with E-state index in [1.165, 1.54) is 71.7 Å². The SMILES string of the molecule is c1ccc(N(c2ccccc2)c2cc3c(c4ccccc24)-c2c(ccc4ccccc24)C32c3ccccc3-c3ccccc32)cc1. The number of nitrogens with zero attached hydrogens (tertiary/aromatic N) is 1. The largest absolute Gasteiger partial charge is 0.310 e. The molecule has 0 radical (unpaired) electrons. The zero-order chi connectivity index (χ0) is 30.2. The first-order chi connectivity index (χ1) is 22.9. The summed E-state index contributed by atoms with van der Waals surface area (Å²) in [5.74, 6) is 0. The minimum atomic E-state index is -0.445. The van der Waals surface area contributed by atoms with Gasteiger partial charge in [0.05, 0.1) is 11.1 Å². The van der Waals surface area contributed by atoms with E-state index in [9.17, 15) is 0 Å². The highest BCUT2D eigenvalue weighted by atomic mass is 15.1. The second kappa shape index (κ2) is 9.54. The lowest BCUT2D eigenvalue weighted by atomic mass is 9.70. The van der Waals surface area contributed by atoms with Crippen molar-refractivity contribution in [2.45, 2.75) is 5.41 Å². The Morgan fingerprint density at radius 2 is 0.848 bits per heavy atom. The molecule has 1 heteroatoms. The molecular weight excluding hydrogens is 555 g/mol. The maximum Gasteiger partial charge on any atom is 0.0726 e. The number of para-hydroxylation sites is 2. The van der Waals surface area contributed by atoms with Crippen LogP contribution in [-0.2, 0) is 5.41 Å². The van der Waals surface area contributed by atoms with Crippen molar-refractivity contribution in [3.8, 4) is 22.3 Å². The van der Waals surface area contributed by atoms with Crippen molar-refractivity contribution < 1.29 is 0 Å². The van der Waals surface area contributed by atoms with Gasteiger partial charge in [0.15, 0.2) is 0 Å². The van der Waals surface area contributed by atoms with Crippen LogP contribution in [0.25, 0.3) is 43.8 Å². The van der Waals surface area contributed by atoms with Crippen molar-refractivity contribution in [1.29, 1.82) is 0 Å². The van der Waals surface area contributed by atoms with E-state index in [0.717, 1.165) is 11.4 Å². The fourth-order valence-corrected chi connectivity index (χ4v) is 8.50. The summed E-state index contributed by atoms with van der Waals surface area (Å²) >= 11 is 0. The Hall–Kier alpha value is -5.92. The van der Waals surface area contributed by atoms with Gasteiger partial charge in [-0.1, -0.05) is 146 Å². The summed E-state index contributed by atoms with van der Waals surface area (Å²) in [4.78, 5) is 2.43. The molecule has 214 valence electrons. The Labute approximate surface area is 268 Å². The Bertz CT molecular complexity index is 2390. The molecule has 0 saturated heterocycles. The molecule has 1 spiro atoms. The van der Waals surface area contributed by atoms with E-state index in [2.05, 4.69) is 181 Å². The average molecular weight is 584 g/mol. The van der Waals surface area contributed by atoms with E-state index < -0.39 is 5.41 Å². The molecule has 0 aromatic heterocycles. The van der Waals surface area contributed by atoms with E-state index in [1.807, 2.05) is 0 Å². The quantitative estimate of drug-likeness (QED) is 0.200. The monoisotopic (exact) mass is 583 g/mol. The molecule has 8 aromatic rings. The Morgan fingerprint density at radius 3 is 1.50 bits per heavy atom. The molecule has 0 heterocycles. The lowest BCUT2D eigenvalue weighted by molar-refractivity contribution is 0.795. The second-order valence-electron chi connectivity index (χ2n) is 12.4. The minimum Gasteiger partial charge on any atom is -0.310 e. The first kappa shape index (κ1) is 25.4. The van der Waals surface area contributed by atoms with Gasteiger partial charge in [-0.2, -0.15) is 0 Å². The number of hydrogen-bond donors (Lipinski definition) is 0. The number of benzene rings is 8. The van der Waals surface area contributed by atoms with Gasteiger partial charge in [-0.3, -0.25) is 0 Å². The first-order valence-corrected chi connectivity index (χ1v) is 16.0. The summed E-state index contributed by atoms with van der Waals surface area (Å²) in [6.07, 6.45) is 0. The molecule has 0 bridgehead atoms. The third-order valence-electron chi connectivity index (χ3n) is 10.2. The molecule has 0 unspecified atom stereocenters. The van der Waals surface area contributed by atoms with Gasteiger partial charge in [-0.05, 0) is 91.0 Å². The maximum absolute atomic E-state index is 2.52. The van der Waals surface area contributed by atoms with Crippen LogP contribution < -0.4 is 4.90 Å². The van der Waals surface area contributed by atoms with Crippen LogP contribution in [0.3, 0.4) is 0 Å². The van der Waals surface area contributed by atoms with Crippen LogP contribution in [0.2, 0.25) is 0 Å². The molecule has 2 aliphatic carbocycles. The summed E-state index contributed by atoms with van der Waals surface area (Å²) in [5, 5.41) is 5.10. The van der Waals surface area contributed by atoms with Crippen molar-refractivity contribution in [2.75, 3.05) is 4.90 Å². The zero-order valence-electron chi connectivity index (χ0n) is 25.2. The Balaban J connectivity index is 1.43. The topological polar surface area (TPSA) is 3.24 Å². The highest BCUT2D eigenvalue weighted by Crippen LogP contribution is 2.65. The van der Waals surface area contributed by atoms with Crippen molar-refractivity contribution in [2.24, 2.45) is 0 Å². The molecule has 2 aliphatic rings. The van der Waals surface area contributed by atoms with Gasteiger partial charge in [0.25, 0.3) is 0 Å². The lowest BCUT2D eigenvalue weighted by Gasteiger charge is -2.33. The minimum absolute atomic E-state index is 0.445. The van der Waals surface area contributed by atoms with E-state index in [4.69, 9.17) is 0 Å². The van der Waals surface area contributed by atoms with Gasteiger partial charge in [-0.15, -0.1) is 0 Å². The molecule has 1 nitrogen and oxygen atoms in total. The van der Waals surface area contributed by atoms with Crippen molar-refractivity contribution in [3.63, 3.8) is 0 Å². The number of fused-ring (bicyclic) bond motifs is 14. The molecule has 10 rings (SSSR count). The summed E-state index contributed by atoms with van der Waals surface area (Å²) in [6.45, 7) is 0. The smallest absolute Gasteiger partial charge is 0.0726 e. The fourth-order valence-electron chi connectivity index (χ4n) is 8.50. The molecule has 0 atom stereocenters. The van der Waals surface area contributed by atoms with E-state index in [0.29, 0.717) is 0 Å². The van der Waals surface area contributed by atoms with Crippen LogP contribution in [0.15, 0.2) is 176 Å². The summed E-state index contributed by atoms with van der Waals surface area (Å²) in [6, 6.07) is 64.9. The van der Waals surface area contributed by atoms with Crippen LogP contribution in [0.5, 0.6) is 0 Å². The van der Waals surface area contributed by atoms with Crippen molar-refractivity contribution >= 4 is 38.6 Å². The summed E-state index contributed by atoms with van der Waals surface area (Å²) in [7, 11) is 0. The zero-order valence-corrected chi connectivity index (χ0v) is 25.2. The van der Waals surface area contributed by atoms with Gasteiger partial charge < -0.3 is 4.90 Å². The predicted molar refractivity (Wildman–Crippen MR) is 192 cm³/mol. The van der Waals surface area contributed by atoms with Crippen molar-refractivity contribution in [1.82, 2.24) is 0 Å².